The van der Waals surface area contributed by atoms with Gasteiger partial charge in [0, 0.05) is 5.02 Å². The number of aliphatic hydroxyl groups excluding tert-OH is 1. The van der Waals surface area contributed by atoms with Gasteiger partial charge in [-0.25, -0.2) is 9.69 Å². The summed E-state index contributed by atoms with van der Waals surface area (Å²) in [5, 5.41) is 11.1. The molecule has 26 heavy (non-hydrogen) atoms. The lowest BCUT2D eigenvalue weighted by Gasteiger charge is -2.25. The number of carbonyl (C=O) groups excluding carboxylic acids is 2. The fraction of sp³-hybridized carbons (Fsp3) is 0.300. The van der Waals surface area contributed by atoms with E-state index in [0.29, 0.717) is 17.0 Å². The Balaban J connectivity index is 1.75. The van der Waals surface area contributed by atoms with Crippen LogP contribution in [0, 0.1) is 5.92 Å². The Morgan fingerprint density at radius 3 is 2.54 bits per heavy atom. The van der Waals surface area contributed by atoms with E-state index in [1.807, 2.05) is 30.3 Å². The standard InChI is InChI=1S/C20H20ClNO4/c1-13(18(23)15-7-9-16(21)10-8-15)19(24)22-17(12-26-20(22)25)11-14-5-3-2-4-6-14/h2-10,13,17-18,23H,11-12H2,1H3/t13-,17+,18-/m1/s1. The molecule has 0 bridgehead atoms. The summed E-state index contributed by atoms with van der Waals surface area (Å²) in [5.41, 5.74) is 1.59. The quantitative estimate of drug-likeness (QED) is 0.869. The molecule has 1 N–H and O–H groups in total. The van der Waals surface area contributed by atoms with Crippen LogP contribution in [0.25, 0.3) is 0 Å². The van der Waals surface area contributed by atoms with Gasteiger partial charge in [-0.3, -0.25) is 4.79 Å². The predicted octanol–water partition coefficient (Wildman–Crippen LogP) is 3.60. The average molecular weight is 374 g/mol. The van der Waals surface area contributed by atoms with Crippen LogP contribution in [0.4, 0.5) is 4.79 Å². The molecule has 1 fully saturated rings. The number of aliphatic hydroxyl groups is 1. The number of hydrogen-bond donors (Lipinski definition) is 1. The fourth-order valence-corrected chi connectivity index (χ4v) is 3.20. The third-order valence-electron chi connectivity index (χ3n) is 4.59. The Labute approximate surface area is 157 Å². The summed E-state index contributed by atoms with van der Waals surface area (Å²) >= 11 is 5.86. The van der Waals surface area contributed by atoms with Crippen LogP contribution in [0.3, 0.4) is 0 Å². The number of hydrogen-bond acceptors (Lipinski definition) is 4. The molecule has 0 unspecified atom stereocenters. The van der Waals surface area contributed by atoms with E-state index in [-0.39, 0.29) is 12.6 Å². The van der Waals surface area contributed by atoms with Gasteiger partial charge in [0.25, 0.3) is 0 Å². The zero-order chi connectivity index (χ0) is 18.7. The number of cyclic esters (lactones) is 1. The Kier molecular flexibility index (Phi) is 5.59. The molecule has 3 rings (SSSR count). The van der Waals surface area contributed by atoms with E-state index in [2.05, 4.69) is 0 Å². The minimum absolute atomic E-state index is 0.156. The zero-order valence-electron chi connectivity index (χ0n) is 14.3. The number of nitrogens with zero attached hydrogens (tertiary/aromatic N) is 1. The molecule has 0 aliphatic carbocycles. The van der Waals surface area contributed by atoms with E-state index in [0.717, 1.165) is 10.5 Å². The Bertz CT molecular complexity index is 778. The molecule has 2 amide bonds. The second-order valence-corrected chi connectivity index (χ2v) is 6.85. The van der Waals surface area contributed by atoms with E-state index >= 15 is 0 Å². The molecule has 0 spiro atoms. The van der Waals surface area contributed by atoms with E-state index in [9.17, 15) is 14.7 Å². The first-order valence-electron chi connectivity index (χ1n) is 8.44. The molecular formula is C20H20ClNO4. The highest BCUT2D eigenvalue weighted by Crippen LogP contribution is 2.28. The molecule has 1 aliphatic heterocycles. The molecule has 136 valence electrons. The van der Waals surface area contributed by atoms with Gasteiger partial charge in [0.1, 0.15) is 6.61 Å². The Morgan fingerprint density at radius 2 is 1.88 bits per heavy atom. The Morgan fingerprint density at radius 1 is 1.23 bits per heavy atom. The number of halogens is 1. The van der Waals surface area contributed by atoms with Crippen molar-refractivity contribution in [2.75, 3.05) is 6.61 Å². The first-order valence-corrected chi connectivity index (χ1v) is 8.82. The largest absolute Gasteiger partial charge is 0.447 e. The normalized spacial score (nSPS) is 19.1. The van der Waals surface area contributed by atoms with Crippen molar-refractivity contribution in [1.82, 2.24) is 4.90 Å². The highest BCUT2D eigenvalue weighted by Gasteiger charge is 2.41. The summed E-state index contributed by atoms with van der Waals surface area (Å²) in [6, 6.07) is 15.9. The SMILES string of the molecule is C[C@@H](C(=O)N1C(=O)OC[C@@H]1Cc1ccccc1)[C@@H](O)c1ccc(Cl)cc1. The second-order valence-electron chi connectivity index (χ2n) is 6.41. The summed E-state index contributed by atoms with van der Waals surface area (Å²) in [5.74, 6) is -1.24. The number of carbonyl (C=O) groups is 2. The van der Waals surface area contributed by atoms with Crippen molar-refractivity contribution in [3.63, 3.8) is 0 Å². The maximum atomic E-state index is 12.9. The van der Waals surface area contributed by atoms with E-state index < -0.39 is 24.0 Å². The van der Waals surface area contributed by atoms with E-state index in [1.54, 1.807) is 31.2 Å². The van der Waals surface area contributed by atoms with Crippen LogP contribution in [-0.2, 0) is 16.0 Å². The molecule has 0 radical (unpaired) electrons. The van der Waals surface area contributed by atoms with Crippen molar-refractivity contribution in [3.05, 3.63) is 70.7 Å². The van der Waals surface area contributed by atoms with Gasteiger partial charge < -0.3 is 9.84 Å². The highest BCUT2D eigenvalue weighted by atomic mass is 35.5. The molecule has 0 saturated carbocycles. The van der Waals surface area contributed by atoms with Crippen LogP contribution < -0.4 is 0 Å². The van der Waals surface area contributed by atoms with Crippen molar-refractivity contribution >= 4 is 23.6 Å². The Hall–Kier alpha value is -2.37. The van der Waals surface area contributed by atoms with Gasteiger partial charge >= 0.3 is 6.09 Å². The molecule has 1 saturated heterocycles. The molecular weight excluding hydrogens is 354 g/mol. The summed E-state index contributed by atoms with van der Waals surface area (Å²) in [7, 11) is 0. The third kappa shape index (κ3) is 3.89. The minimum Gasteiger partial charge on any atom is -0.447 e. The van der Waals surface area contributed by atoms with Gasteiger partial charge in [-0.15, -0.1) is 0 Å². The molecule has 3 atom stereocenters. The average Bonchev–Trinajstić information content (AvgIpc) is 3.01. The van der Waals surface area contributed by atoms with Gasteiger partial charge in [-0.05, 0) is 29.7 Å². The molecule has 2 aromatic rings. The van der Waals surface area contributed by atoms with Crippen LogP contribution in [-0.4, -0.2) is 34.7 Å². The second kappa shape index (κ2) is 7.89. The smallest absolute Gasteiger partial charge is 0.416 e. The van der Waals surface area contributed by atoms with Gasteiger partial charge in [-0.2, -0.15) is 0 Å². The molecule has 1 aliphatic rings. The van der Waals surface area contributed by atoms with Gasteiger partial charge in [0.15, 0.2) is 0 Å². The fourth-order valence-electron chi connectivity index (χ4n) is 3.07. The van der Waals surface area contributed by atoms with Crippen molar-refractivity contribution < 1.29 is 19.4 Å². The van der Waals surface area contributed by atoms with E-state index in [1.165, 1.54) is 0 Å². The molecule has 1 heterocycles. The van der Waals surface area contributed by atoms with Crippen molar-refractivity contribution in [3.8, 4) is 0 Å². The molecule has 0 aromatic heterocycles. The van der Waals surface area contributed by atoms with Gasteiger partial charge in [-0.1, -0.05) is 61.0 Å². The first-order chi connectivity index (χ1) is 12.5. The minimum atomic E-state index is -1.04. The predicted molar refractivity (Wildman–Crippen MR) is 97.7 cm³/mol. The number of ether oxygens (including phenoxy) is 1. The van der Waals surface area contributed by atoms with Crippen LogP contribution in [0.2, 0.25) is 5.02 Å². The van der Waals surface area contributed by atoms with Crippen molar-refractivity contribution in [2.45, 2.75) is 25.5 Å². The summed E-state index contributed by atoms with van der Waals surface area (Å²) in [6.07, 6.45) is -1.18. The molecule has 2 aromatic carbocycles. The maximum Gasteiger partial charge on any atom is 0.416 e. The van der Waals surface area contributed by atoms with E-state index in [4.69, 9.17) is 16.3 Å². The van der Waals surface area contributed by atoms with Crippen molar-refractivity contribution in [2.24, 2.45) is 5.92 Å². The lowest BCUT2D eigenvalue weighted by atomic mass is 9.95. The van der Waals surface area contributed by atoms with Crippen LogP contribution >= 0.6 is 11.6 Å². The topological polar surface area (TPSA) is 66.8 Å². The number of rotatable bonds is 5. The monoisotopic (exact) mass is 373 g/mol. The first kappa shape index (κ1) is 18.4. The third-order valence-corrected chi connectivity index (χ3v) is 4.84. The van der Waals surface area contributed by atoms with Crippen molar-refractivity contribution in [1.29, 1.82) is 0 Å². The van der Waals surface area contributed by atoms with Crippen LogP contribution in [0.15, 0.2) is 54.6 Å². The number of imide groups is 1. The number of benzene rings is 2. The summed E-state index contributed by atoms with van der Waals surface area (Å²) < 4.78 is 5.09. The van der Waals surface area contributed by atoms with Crippen LogP contribution in [0.5, 0.6) is 0 Å². The lowest BCUT2D eigenvalue weighted by Crippen LogP contribution is -2.44. The zero-order valence-corrected chi connectivity index (χ0v) is 15.1. The molecule has 5 nitrogen and oxygen atoms in total. The number of amides is 2. The lowest BCUT2D eigenvalue weighted by molar-refractivity contribution is -0.136. The van der Waals surface area contributed by atoms with Gasteiger partial charge in [0.2, 0.25) is 5.91 Å². The maximum absolute atomic E-state index is 12.9. The summed E-state index contributed by atoms with van der Waals surface area (Å²) in [6.45, 7) is 1.76. The molecule has 6 heteroatoms. The highest BCUT2D eigenvalue weighted by molar-refractivity contribution is 6.30. The van der Waals surface area contributed by atoms with Crippen LogP contribution in [0.1, 0.15) is 24.2 Å². The van der Waals surface area contributed by atoms with Gasteiger partial charge in [0.05, 0.1) is 18.1 Å². The summed E-state index contributed by atoms with van der Waals surface area (Å²) in [4.78, 5) is 26.1.